The Morgan fingerprint density at radius 1 is 1.50 bits per heavy atom. The average Bonchev–Trinajstić information content (AvgIpc) is 2.84. The molecular formula is C13H14FN3O3. The van der Waals surface area contributed by atoms with Crippen molar-refractivity contribution in [3.8, 4) is 5.75 Å². The number of nitrogens with zero attached hydrogens (tertiary/aromatic N) is 3. The minimum Gasteiger partial charge on any atom is -0.494 e. The Bertz CT molecular complexity index is 613. The normalized spacial score (nSPS) is 10.5. The summed E-state index contributed by atoms with van der Waals surface area (Å²) in [5.74, 6) is -1.12. The van der Waals surface area contributed by atoms with Gasteiger partial charge in [-0.1, -0.05) is 11.3 Å². The van der Waals surface area contributed by atoms with E-state index in [4.69, 9.17) is 9.84 Å². The van der Waals surface area contributed by atoms with Crippen molar-refractivity contribution in [2.45, 2.75) is 19.4 Å². The molecule has 0 saturated heterocycles. The summed E-state index contributed by atoms with van der Waals surface area (Å²) in [5, 5.41) is 16.3. The van der Waals surface area contributed by atoms with E-state index in [0.29, 0.717) is 18.7 Å². The number of hydrogen-bond acceptors (Lipinski definition) is 4. The number of carboxylic acid groups (broad SMARTS) is 1. The molecule has 1 aromatic carbocycles. The lowest BCUT2D eigenvalue weighted by Gasteiger charge is -2.04. The quantitative estimate of drug-likeness (QED) is 0.867. The van der Waals surface area contributed by atoms with E-state index in [1.165, 1.54) is 13.2 Å². The number of aliphatic carboxylic acids is 1. The molecule has 20 heavy (non-hydrogen) atoms. The van der Waals surface area contributed by atoms with Crippen molar-refractivity contribution in [2.24, 2.45) is 0 Å². The largest absolute Gasteiger partial charge is 0.494 e. The lowest BCUT2D eigenvalue weighted by molar-refractivity contribution is -0.136. The molecule has 7 heteroatoms. The van der Waals surface area contributed by atoms with Gasteiger partial charge in [0.1, 0.15) is 0 Å². The number of hydrogen-bond donors (Lipinski definition) is 1. The number of rotatable bonds is 6. The molecule has 0 bridgehead atoms. The summed E-state index contributed by atoms with van der Waals surface area (Å²) < 4.78 is 19.9. The molecule has 0 atom stereocenters. The molecule has 0 spiro atoms. The van der Waals surface area contributed by atoms with E-state index in [2.05, 4.69) is 10.3 Å². The van der Waals surface area contributed by atoms with Gasteiger partial charge in [0.05, 0.1) is 25.8 Å². The van der Waals surface area contributed by atoms with Gasteiger partial charge in [-0.3, -0.25) is 4.79 Å². The van der Waals surface area contributed by atoms with E-state index in [1.54, 1.807) is 23.0 Å². The summed E-state index contributed by atoms with van der Waals surface area (Å²) in [4.78, 5) is 10.5. The van der Waals surface area contributed by atoms with E-state index in [-0.39, 0.29) is 12.2 Å². The minimum atomic E-state index is -0.878. The summed E-state index contributed by atoms with van der Waals surface area (Å²) in [7, 11) is 1.41. The Balaban J connectivity index is 2.03. The first-order chi connectivity index (χ1) is 9.58. The first kappa shape index (κ1) is 14.0. The fourth-order valence-corrected chi connectivity index (χ4v) is 1.76. The molecule has 6 nitrogen and oxygen atoms in total. The van der Waals surface area contributed by atoms with Crippen LogP contribution in [0, 0.1) is 5.82 Å². The average molecular weight is 279 g/mol. The molecule has 0 radical (unpaired) electrons. The lowest BCUT2D eigenvalue weighted by atomic mass is 10.2. The van der Waals surface area contributed by atoms with Gasteiger partial charge in [0, 0.05) is 12.6 Å². The molecule has 0 unspecified atom stereocenters. The van der Waals surface area contributed by atoms with Crippen LogP contribution in [-0.4, -0.2) is 33.2 Å². The summed E-state index contributed by atoms with van der Waals surface area (Å²) in [6.07, 6.45) is 1.99. The SMILES string of the molecule is COc1ccc(Cn2cc(CCC(=O)O)nn2)cc1F. The highest BCUT2D eigenvalue weighted by atomic mass is 19.1. The molecular weight excluding hydrogens is 265 g/mol. The van der Waals surface area contributed by atoms with Crippen LogP contribution >= 0.6 is 0 Å². The highest BCUT2D eigenvalue weighted by molar-refractivity contribution is 5.66. The predicted octanol–water partition coefficient (Wildman–Crippen LogP) is 1.49. The number of benzene rings is 1. The van der Waals surface area contributed by atoms with Crippen LogP contribution in [0.5, 0.6) is 5.75 Å². The molecule has 2 aromatic rings. The van der Waals surface area contributed by atoms with Gasteiger partial charge in [0.2, 0.25) is 0 Å². The number of methoxy groups -OCH3 is 1. The number of aryl methyl sites for hydroxylation is 1. The van der Waals surface area contributed by atoms with E-state index < -0.39 is 11.8 Å². The van der Waals surface area contributed by atoms with E-state index >= 15 is 0 Å². The maximum Gasteiger partial charge on any atom is 0.303 e. The van der Waals surface area contributed by atoms with Crippen LogP contribution in [0.3, 0.4) is 0 Å². The number of halogens is 1. The Hall–Kier alpha value is -2.44. The van der Waals surface area contributed by atoms with Crippen LogP contribution in [0.15, 0.2) is 24.4 Å². The van der Waals surface area contributed by atoms with Crippen LogP contribution in [0.4, 0.5) is 4.39 Å². The van der Waals surface area contributed by atoms with Gasteiger partial charge in [0.25, 0.3) is 0 Å². The number of ether oxygens (including phenoxy) is 1. The van der Waals surface area contributed by atoms with Gasteiger partial charge in [-0.05, 0) is 17.7 Å². The molecule has 0 saturated carbocycles. The molecule has 1 aromatic heterocycles. The van der Waals surface area contributed by atoms with Crippen molar-refractivity contribution in [1.82, 2.24) is 15.0 Å². The summed E-state index contributed by atoms with van der Waals surface area (Å²) in [6, 6.07) is 4.66. The number of carbonyl (C=O) groups is 1. The highest BCUT2D eigenvalue weighted by Crippen LogP contribution is 2.18. The number of carboxylic acids is 1. The van der Waals surface area contributed by atoms with Crippen LogP contribution in [-0.2, 0) is 17.8 Å². The molecule has 1 heterocycles. The lowest BCUT2D eigenvalue weighted by Crippen LogP contribution is -2.01. The Labute approximate surface area is 114 Å². The standard InChI is InChI=1S/C13H14FN3O3/c1-20-12-4-2-9(6-11(12)14)7-17-8-10(15-16-17)3-5-13(18)19/h2,4,6,8H,3,5,7H2,1H3,(H,18,19). The maximum atomic E-state index is 13.5. The van der Waals surface area contributed by atoms with Crippen LogP contribution in [0.25, 0.3) is 0 Å². The highest BCUT2D eigenvalue weighted by Gasteiger charge is 2.07. The van der Waals surface area contributed by atoms with E-state index in [0.717, 1.165) is 5.56 Å². The fourth-order valence-electron chi connectivity index (χ4n) is 1.76. The summed E-state index contributed by atoms with van der Waals surface area (Å²) in [5.41, 5.74) is 1.32. The van der Waals surface area contributed by atoms with Gasteiger partial charge in [-0.15, -0.1) is 5.10 Å². The van der Waals surface area contributed by atoms with Gasteiger partial charge >= 0.3 is 5.97 Å². The molecule has 2 rings (SSSR count). The third kappa shape index (κ3) is 3.53. The molecule has 0 amide bonds. The van der Waals surface area contributed by atoms with Gasteiger partial charge in [0.15, 0.2) is 11.6 Å². The topological polar surface area (TPSA) is 77.2 Å². The third-order valence-corrected chi connectivity index (χ3v) is 2.74. The van der Waals surface area contributed by atoms with Crippen LogP contribution in [0.2, 0.25) is 0 Å². The Morgan fingerprint density at radius 2 is 2.30 bits per heavy atom. The van der Waals surface area contributed by atoms with Crippen molar-refractivity contribution in [3.05, 3.63) is 41.5 Å². The third-order valence-electron chi connectivity index (χ3n) is 2.74. The van der Waals surface area contributed by atoms with Crippen LogP contribution < -0.4 is 4.74 Å². The zero-order valence-corrected chi connectivity index (χ0v) is 10.9. The molecule has 0 aliphatic rings. The van der Waals surface area contributed by atoms with Crippen molar-refractivity contribution in [3.63, 3.8) is 0 Å². The van der Waals surface area contributed by atoms with Gasteiger partial charge in [-0.25, -0.2) is 9.07 Å². The number of aromatic nitrogens is 3. The first-order valence-electron chi connectivity index (χ1n) is 6.01. The van der Waals surface area contributed by atoms with Crippen molar-refractivity contribution in [1.29, 1.82) is 0 Å². The fraction of sp³-hybridized carbons (Fsp3) is 0.308. The van der Waals surface area contributed by atoms with Gasteiger partial charge < -0.3 is 9.84 Å². The molecule has 0 fully saturated rings. The summed E-state index contributed by atoms with van der Waals surface area (Å²) >= 11 is 0. The zero-order valence-electron chi connectivity index (χ0n) is 10.9. The van der Waals surface area contributed by atoms with Crippen molar-refractivity contribution < 1.29 is 19.0 Å². The monoisotopic (exact) mass is 279 g/mol. The van der Waals surface area contributed by atoms with Crippen LogP contribution in [0.1, 0.15) is 17.7 Å². The van der Waals surface area contributed by atoms with Gasteiger partial charge in [-0.2, -0.15) is 0 Å². The predicted molar refractivity (Wildman–Crippen MR) is 68.0 cm³/mol. The minimum absolute atomic E-state index is 0.00978. The van der Waals surface area contributed by atoms with Crippen molar-refractivity contribution >= 4 is 5.97 Å². The van der Waals surface area contributed by atoms with E-state index in [9.17, 15) is 9.18 Å². The molecule has 0 aliphatic heterocycles. The second kappa shape index (κ2) is 6.14. The maximum absolute atomic E-state index is 13.5. The zero-order chi connectivity index (χ0) is 14.5. The Morgan fingerprint density at radius 3 is 2.95 bits per heavy atom. The Kier molecular flexibility index (Phi) is 4.29. The molecule has 0 aliphatic carbocycles. The summed E-state index contributed by atoms with van der Waals surface area (Å²) in [6.45, 7) is 0.362. The second-order valence-electron chi connectivity index (χ2n) is 4.27. The van der Waals surface area contributed by atoms with E-state index in [1.807, 2.05) is 0 Å². The van der Waals surface area contributed by atoms with Crippen molar-refractivity contribution in [2.75, 3.05) is 7.11 Å². The smallest absolute Gasteiger partial charge is 0.303 e. The second-order valence-corrected chi connectivity index (χ2v) is 4.27. The molecule has 1 N–H and O–H groups in total. The molecule has 106 valence electrons. The first-order valence-corrected chi connectivity index (χ1v) is 6.01.